The van der Waals surface area contributed by atoms with Crippen molar-refractivity contribution in [2.45, 2.75) is 0 Å². The zero-order valence-electron chi connectivity index (χ0n) is 7.70. The number of halogens is 1. The van der Waals surface area contributed by atoms with Crippen molar-refractivity contribution in [3.63, 3.8) is 0 Å². The summed E-state index contributed by atoms with van der Waals surface area (Å²) in [4.78, 5) is 17.0. The standard InChI is InChI=1S/C10H8FN3O/c11-7-3-1-2-6(4-7)8-5-9(12)14-10(15)13-8/h1-5H,(H3,12,13,14,15). The highest BCUT2D eigenvalue weighted by Crippen LogP contribution is 2.17. The van der Waals surface area contributed by atoms with Crippen LogP contribution in [0.3, 0.4) is 0 Å². The lowest BCUT2D eigenvalue weighted by Gasteiger charge is -2.01. The molecule has 1 aromatic carbocycles. The summed E-state index contributed by atoms with van der Waals surface area (Å²) in [6.07, 6.45) is 0. The summed E-state index contributed by atoms with van der Waals surface area (Å²) in [5.74, 6) is -0.262. The molecule has 15 heavy (non-hydrogen) atoms. The summed E-state index contributed by atoms with van der Waals surface area (Å²) in [6.45, 7) is 0. The number of nitrogens with one attached hydrogen (secondary N) is 1. The van der Waals surface area contributed by atoms with Gasteiger partial charge in [-0.05, 0) is 12.1 Å². The van der Waals surface area contributed by atoms with Gasteiger partial charge in [-0.25, -0.2) is 9.18 Å². The third-order valence-corrected chi connectivity index (χ3v) is 1.90. The van der Waals surface area contributed by atoms with Gasteiger partial charge in [0.05, 0.1) is 5.69 Å². The topological polar surface area (TPSA) is 71.8 Å². The SMILES string of the molecule is Nc1cc(-c2cccc(F)c2)[nH]c(=O)n1. The molecule has 76 valence electrons. The van der Waals surface area contributed by atoms with E-state index in [2.05, 4.69) is 9.97 Å². The van der Waals surface area contributed by atoms with Crippen molar-refractivity contribution in [1.29, 1.82) is 0 Å². The number of H-pyrrole nitrogens is 1. The summed E-state index contributed by atoms with van der Waals surface area (Å²) in [7, 11) is 0. The fourth-order valence-electron chi connectivity index (χ4n) is 1.29. The molecule has 2 rings (SSSR count). The summed E-state index contributed by atoms with van der Waals surface area (Å²) < 4.78 is 12.9. The molecule has 0 saturated heterocycles. The molecule has 4 nitrogen and oxygen atoms in total. The summed E-state index contributed by atoms with van der Waals surface area (Å²) in [5.41, 5.74) is 5.87. The van der Waals surface area contributed by atoms with Gasteiger partial charge in [-0.15, -0.1) is 0 Å². The molecule has 0 amide bonds. The third-order valence-electron chi connectivity index (χ3n) is 1.90. The van der Waals surface area contributed by atoms with Crippen molar-refractivity contribution >= 4 is 5.82 Å². The minimum atomic E-state index is -0.547. The highest BCUT2D eigenvalue weighted by Gasteiger charge is 2.01. The monoisotopic (exact) mass is 205 g/mol. The van der Waals surface area contributed by atoms with Crippen LogP contribution < -0.4 is 11.4 Å². The zero-order chi connectivity index (χ0) is 10.8. The van der Waals surface area contributed by atoms with E-state index in [0.717, 1.165) is 0 Å². The second kappa shape index (κ2) is 3.53. The maximum Gasteiger partial charge on any atom is 0.347 e. The second-order valence-electron chi connectivity index (χ2n) is 3.04. The van der Waals surface area contributed by atoms with E-state index >= 15 is 0 Å². The van der Waals surface area contributed by atoms with E-state index in [4.69, 9.17) is 5.73 Å². The van der Waals surface area contributed by atoms with Crippen molar-refractivity contribution in [1.82, 2.24) is 9.97 Å². The van der Waals surface area contributed by atoms with Crippen LogP contribution in [0.25, 0.3) is 11.3 Å². The maximum atomic E-state index is 12.9. The molecule has 0 aliphatic carbocycles. The first-order chi connectivity index (χ1) is 7.15. The molecule has 1 heterocycles. The first-order valence-electron chi connectivity index (χ1n) is 4.28. The molecule has 0 aliphatic heterocycles. The molecule has 0 bridgehead atoms. The van der Waals surface area contributed by atoms with Crippen LogP contribution in [0.2, 0.25) is 0 Å². The van der Waals surface area contributed by atoms with Crippen molar-refractivity contribution in [3.05, 3.63) is 46.6 Å². The van der Waals surface area contributed by atoms with Gasteiger partial charge >= 0.3 is 5.69 Å². The van der Waals surface area contributed by atoms with Gasteiger partial charge in [-0.1, -0.05) is 12.1 Å². The molecular weight excluding hydrogens is 197 g/mol. The lowest BCUT2D eigenvalue weighted by atomic mass is 10.1. The lowest BCUT2D eigenvalue weighted by Crippen LogP contribution is -2.12. The van der Waals surface area contributed by atoms with E-state index in [1.807, 2.05) is 0 Å². The Morgan fingerprint density at radius 2 is 2.13 bits per heavy atom. The minimum Gasteiger partial charge on any atom is -0.383 e. The maximum absolute atomic E-state index is 12.9. The number of hydrogen-bond donors (Lipinski definition) is 2. The number of aromatic nitrogens is 2. The summed E-state index contributed by atoms with van der Waals surface area (Å²) in [5, 5.41) is 0. The number of benzene rings is 1. The van der Waals surface area contributed by atoms with Gasteiger partial charge in [0.2, 0.25) is 0 Å². The van der Waals surface area contributed by atoms with Crippen LogP contribution in [0.15, 0.2) is 35.1 Å². The number of rotatable bonds is 1. The Hall–Kier alpha value is -2.17. The molecule has 0 radical (unpaired) electrons. The van der Waals surface area contributed by atoms with E-state index in [9.17, 15) is 9.18 Å². The predicted molar refractivity (Wildman–Crippen MR) is 54.7 cm³/mol. The molecule has 0 aliphatic rings. The van der Waals surface area contributed by atoms with Crippen molar-refractivity contribution in [2.24, 2.45) is 0 Å². The highest BCUT2D eigenvalue weighted by molar-refractivity contribution is 5.61. The zero-order valence-corrected chi connectivity index (χ0v) is 7.70. The van der Waals surface area contributed by atoms with Crippen LogP contribution in [-0.2, 0) is 0 Å². The van der Waals surface area contributed by atoms with Gasteiger partial charge in [0.1, 0.15) is 11.6 Å². The fraction of sp³-hybridized carbons (Fsp3) is 0. The van der Waals surface area contributed by atoms with Crippen LogP contribution in [-0.4, -0.2) is 9.97 Å². The number of nitrogen functional groups attached to an aromatic ring is 1. The smallest absolute Gasteiger partial charge is 0.347 e. The molecule has 3 N–H and O–H groups in total. The van der Waals surface area contributed by atoms with Crippen LogP contribution >= 0.6 is 0 Å². The number of anilines is 1. The molecule has 0 spiro atoms. The van der Waals surface area contributed by atoms with E-state index in [-0.39, 0.29) is 11.6 Å². The Bertz CT molecular complexity index is 550. The minimum absolute atomic E-state index is 0.109. The number of aromatic amines is 1. The Morgan fingerprint density at radius 1 is 1.33 bits per heavy atom. The van der Waals surface area contributed by atoms with E-state index in [0.29, 0.717) is 11.3 Å². The van der Waals surface area contributed by atoms with Crippen molar-refractivity contribution in [2.75, 3.05) is 5.73 Å². The number of hydrogen-bond acceptors (Lipinski definition) is 3. The van der Waals surface area contributed by atoms with Crippen LogP contribution in [0, 0.1) is 5.82 Å². The Labute approximate surface area is 84.6 Å². The molecule has 2 aromatic rings. The molecule has 0 fully saturated rings. The van der Waals surface area contributed by atoms with Gasteiger partial charge in [-0.2, -0.15) is 4.98 Å². The lowest BCUT2D eigenvalue weighted by molar-refractivity contribution is 0.628. The largest absolute Gasteiger partial charge is 0.383 e. The number of nitrogens with two attached hydrogens (primary N) is 1. The predicted octanol–water partition coefficient (Wildman–Crippen LogP) is 1.16. The van der Waals surface area contributed by atoms with Crippen molar-refractivity contribution in [3.8, 4) is 11.3 Å². The van der Waals surface area contributed by atoms with Gasteiger partial charge in [0, 0.05) is 11.6 Å². The summed E-state index contributed by atoms with van der Waals surface area (Å²) >= 11 is 0. The molecule has 0 atom stereocenters. The first-order valence-corrected chi connectivity index (χ1v) is 4.28. The highest BCUT2D eigenvalue weighted by atomic mass is 19.1. The van der Waals surface area contributed by atoms with Crippen LogP contribution in [0.4, 0.5) is 10.2 Å². The van der Waals surface area contributed by atoms with E-state index < -0.39 is 5.69 Å². The van der Waals surface area contributed by atoms with E-state index in [1.165, 1.54) is 18.2 Å². The first kappa shape index (κ1) is 9.39. The Morgan fingerprint density at radius 3 is 2.80 bits per heavy atom. The normalized spacial score (nSPS) is 10.2. The molecule has 0 saturated carbocycles. The van der Waals surface area contributed by atoms with Gasteiger partial charge in [-0.3, -0.25) is 0 Å². The molecular formula is C10H8FN3O. The van der Waals surface area contributed by atoms with Gasteiger partial charge in [0.25, 0.3) is 0 Å². The average molecular weight is 205 g/mol. The van der Waals surface area contributed by atoms with Gasteiger partial charge in [0.15, 0.2) is 0 Å². The molecule has 0 unspecified atom stereocenters. The van der Waals surface area contributed by atoms with Crippen LogP contribution in [0.1, 0.15) is 0 Å². The second-order valence-corrected chi connectivity index (χ2v) is 3.04. The summed E-state index contributed by atoms with van der Waals surface area (Å²) in [6, 6.07) is 7.35. The van der Waals surface area contributed by atoms with Gasteiger partial charge < -0.3 is 10.7 Å². The molecule has 1 aromatic heterocycles. The average Bonchev–Trinajstić information content (AvgIpc) is 2.16. The fourth-order valence-corrected chi connectivity index (χ4v) is 1.29. The Kier molecular flexibility index (Phi) is 2.21. The quantitative estimate of drug-likeness (QED) is 0.733. The van der Waals surface area contributed by atoms with E-state index in [1.54, 1.807) is 12.1 Å². The van der Waals surface area contributed by atoms with Crippen LogP contribution in [0.5, 0.6) is 0 Å². The molecule has 5 heteroatoms. The third kappa shape index (κ3) is 2.01. The number of nitrogens with zero attached hydrogens (tertiary/aromatic N) is 1. The van der Waals surface area contributed by atoms with Crippen molar-refractivity contribution < 1.29 is 4.39 Å². The Balaban J connectivity index is 2.59.